The number of hydrogen-bond donors (Lipinski definition) is 1. The number of amides is 2. The molecule has 2 rings (SSSR count). The summed E-state index contributed by atoms with van der Waals surface area (Å²) in [5.74, 6) is 0.213. The van der Waals surface area contributed by atoms with E-state index in [-0.39, 0.29) is 31.3 Å². The number of sulfonamides is 1. The number of aryl methyl sites for hydroxylation is 1. The second kappa shape index (κ2) is 11.9. The third-order valence-corrected chi connectivity index (χ3v) is 7.10. The van der Waals surface area contributed by atoms with Gasteiger partial charge in [-0.15, -0.1) is 0 Å². The first kappa shape index (κ1) is 27.2. The molecule has 1 unspecified atom stereocenters. The molecule has 0 spiro atoms. The van der Waals surface area contributed by atoms with Gasteiger partial charge in [0.1, 0.15) is 11.8 Å². The molecule has 0 saturated heterocycles. The van der Waals surface area contributed by atoms with Crippen molar-refractivity contribution in [3.05, 3.63) is 59.2 Å². The number of rotatable bonds is 11. The molecule has 0 bridgehead atoms. The van der Waals surface area contributed by atoms with E-state index in [1.807, 2.05) is 38.1 Å². The van der Waals surface area contributed by atoms with E-state index in [1.54, 1.807) is 32.2 Å². The van der Waals surface area contributed by atoms with Crippen molar-refractivity contribution in [1.82, 2.24) is 10.2 Å². The van der Waals surface area contributed by atoms with Crippen LogP contribution in [0.4, 0.5) is 5.69 Å². The molecule has 9 heteroatoms. The fraction of sp³-hybridized carbons (Fsp3) is 0.440. The third kappa shape index (κ3) is 6.96. The number of ether oxygens (including phenoxy) is 1. The van der Waals surface area contributed by atoms with Crippen molar-refractivity contribution in [2.75, 3.05) is 31.3 Å². The molecule has 0 aromatic heterocycles. The van der Waals surface area contributed by atoms with E-state index >= 15 is 0 Å². The Morgan fingerprint density at radius 2 is 1.74 bits per heavy atom. The minimum Gasteiger partial charge on any atom is -0.497 e. The number of benzene rings is 2. The molecule has 0 radical (unpaired) electrons. The molecule has 0 aliphatic heterocycles. The molecular weight excluding hydrogens is 454 g/mol. The summed E-state index contributed by atoms with van der Waals surface area (Å²) < 4.78 is 31.5. The molecule has 34 heavy (non-hydrogen) atoms. The molecule has 1 atom stereocenters. The van der Waals surface area contributed by atoms with Crippen molar-refractivity contribution < 1.29 is 22.7 Å². The summed E-state index contributed by atoms with van der Waals surface area (Å²) in [6.45, 7) is 5.92. The van der Waals surface area contributed by atoms with Crippen LogP contribution in [0.15, 0.2) is 42.5 Å². The van der Waals surface area contributed by atoms with E-state index < -0.39 is 16.1 Å². The lowest BCUT2D eigenvalue weighted by molar-refractivity contribution is -0.140. The maximum Gasteiger partial charge on any atom is 0.242 e. The number of nitrogens with one attached hydrogen (secondary N) is 1. The zero-order valence-corrected chi connectivity index (χ0v) is 21.6. The van der Waals surface area contributed by atoms with Gasteiger partial charge in [-0.1, -0.05) is 24.3 Å². The number of anilines is 1. The molecule has 0 heterocycles. The molecule has 8 nitrogen and oxygen atoms in total. The predicted octanol–water partition coefficient (Wildman–Crippen LogP) is 3.02. The predicted molar refractivity (Wildman–Crippen MR) is 134 cm³/mol. The monoisotopic (exact) mass is 489 g/mol. The Hall–Kier alpha value is -3.07. The lowest BCUT2D eigenvalue weighted by Gasteiger charge is -2.29. The Morgan fingerprint density at radius 3 is 2.29 bits per heavy atom. The Labute approximate surface area is 202 Å². The zero-order chi connectivity index (χ0) is 25.5. The van der Waals surface area contributed by atoms with Crippen molar-refractivity contribution in [3.63, 3.8) is 0 Å². The Balaban J connectivity index is 2.17. The lowest BCUT2D eigenvalue weighted by Crippen LogP contribution is -2.46. The van der Waals surface area contributed by atoms with Crippen LogP contribution in [-0.2, 0) is 26.2 Å². The van der Waals surface area contributed by atoms with Gasteiger partial charge in [0.2, 0.25) is 21.8 Å². The van der Waals surface area contributed by atoms with Crippen molar-refractivity contribution in [3.8, 4) is 5.75 Å². The number of nitrogens with zero attached hydrogens (tertiary/aromatic N) is 2. The number of likely N-dealkylation sites (N-methyl/N-ethyl adjacent to an activating group) is 1. The molecule has 2 aromatic rings. The molecule has 0 fully saturated rings. The van der Waals surface area contributed by atoms with Gasteiger partial charge in [-0.25, -0.2) is 8.42 Å². The third-order valence-electron chi connectivity index (χ3n) is 5.92. The quantitative estimate of drug-likeness (QED) is 0.523. The van der Waals surface area contributed by atoms with E-state index in [1.165, 1.54) is 22.5 Å². The van der Waals surface area contributed by atoms with E-state index in [0.717, 1.165) is 16.7 Å². The van der Waals surface area contributed by atoms with Crippen LogP contribution < -0.4 is 14.4 Å². The molecule has 1 N–H and O–H groups in total. The van der Waals surface area contributed by atoms with Crippen LogP contribution in [0.3, 0.4) is 0 Å². The van der Waals surface area contributed by atoms with Gasteiger partial charge in [-0.05, 0) is 62.1 Å². The van der Waals surface area contributed by atoms with Gasteiger partial charge in [0.25, 0.3) is 0 Å². The number of carbonyl (C=O) groups is 2. The normalized spacial score (nSPS) is 12.1. The van der Waals surface area contributed by atoms with E-state index in [0.29, 0.717) is 17.9 Å². The topological polar surface area (TPSA) is 96.0 Å². The Bertz CT molecular complexity index is 1100. The fourth-order valence-electron chi connectivity index (χ4n) is 3.71. The summed E-state index contributed by atoms with van der Waals surface area (Å²) in [6.07, 6.45) is 1.59. The summed E-state index contributed by atoms with van der Waals surface area (Å²) in [6, 6.07) is 12.2. The largest absolute Gasteiger partial charge is 0.497 e. The summed E-state index contributed by atoms with van der Waals surface area (Å²) in [5.41, 5.74) is 3.35. The summed E-state index contributed by atoms with van der Waals surface area (Å²) in [5, 5.41) is 2.59. The standard InChI is InChI=1S/C25H35N3O5S/c1-18-9-7-10-23(19(18)2)28(34(6,31)32)16-8-11-24(29)27(20(3)25(30)26-4)17-21-12-14-22(33-5)15-13-21/h7,9-10,12-15,20H,8,11,16-17H2,1-6H3,(H,26,30). The highest BCUT2D eigenvalue weighted by Gasteiger charge is 2.26. The van der Waals surface area contributed by atoms with Crippen molar-refractivity contribution >= 4 is 27.5 Å². The van der Waals surface area contributed by atoms with Crippen LogP contribution in [0.2, 0.25) is 0 Å². The molecule has 2 amide bonds. The minimum atomic E-state index is -3.53. The fourth-order valence-corrected chi connectivity index (χ4v) is 4.72. The highest BCUT2D eigenvalue weighted by Crippen LogP contribution is 2.25. The molecular formula is C25H35N3O5S. The smallest absolute Gasteiger partial charge is 0.242 e. The van der Waals surface area contributed by atoms with Gasteiger partial charge in [0.15, 0.2) is 0 Å². The zero-order valence-electron chi connectivity index (χ0n) is 20.8. The van der Waals surface area contributed by atoms with Crippen molar-refractivity contribution in [2.24, 2.45) is 0 Å². The second-order valence-electron chi connectivity index (χ2n) is 8.32. The van der Waals surface area contributed by atoms with Gasteiger partial charge in [-0.2, -0.15) is 0 Å². The Kier molecular flexibility index (Phi) is 9.49. The Morgan fingerprint density at radius 1 is 1.09 bits per heavy atom. The first-order valence-corrected chi connectivity index (χ1v) is 13.0. The highest BCUT2D eigenvalue weighted by atomic mass is 32.2. The molecule has 0 saturated carbocycles. The number of carbonyl (C=O) groups excluding carboxylic acids is 2. The minimum absolute atomic E-state index is 0.106. The van der Waals surface area contributed by atoms with Crippen molar-refractivity contribution in [2.45, 2.75) is 46.2 Å². The van der Waals surface area contributed by atoms with E-state index in [9.17, 15) is 18.0 Å². The van der Waals surface area contributed by atoms with Gasteiger partial charge in [0, 0.05) is 26.6 Å². The first-order valence-electron chi connectivity index (χ1n) is 11.2. The summed E-state index contributed by atoms with van der Waals surface area (Å²) in [4.78, 5) is 27.0. The van der Waals surface area contributed by atoms with E-state index in [2.05, 4.69) is 5.32 Å². The highest BCUT2D eigenvalue weighted by molar-refractivity contribution is 7.92. The van der Waals surface area contributed by atoms with Crippen LogP contribution in [0.1, 0.15) is 36.5 Å². The molecule has 186 valence electrons. The number of hydrogen-bond acceptors (Lipinski definition) is 5. The summed E-state index contributed by atoms with van der Waals surface area (Å²) >= 11 is 0. The first-order chi connectivity index (χ1) is 16.0. The lowest BCUT2D eigenvalue weighted by atomic mass is 10.1. The van der Waals surface area contributed by atoms with Gasteiger partial charge in [-0.3, -0.25) is 13.9 Å². The average molecular weight is 490 g/mol. The maximum atomic E-state index is 13.2. The summed E-state index contributed by atoms with van der Waals surface area (Å²) in [7, 11) is -0.421. The van der Waals surface area contributed by atoms with Crippen LogP contribution in [0.25, 0.3) is 0 Å². The molecule has 2 aromatic carbocycles. The number of methoxy groups -OCH3 is 1. The molecule has 0 aliphatic carbocycles. The second-order valence-corrected chi connectivity index (χ2v) is 10.2. The maximum absolute atomic E-state index is 13.2. The van der Waals surface area contributed by atoms with Gasteiger partial charge in [0.05, 0.1) is 19.1 Å². The van der Waals surface area contributed by atoms with Gasteiger partial charge < -0.3 is 15.0 Å². The van der Waals surface area contributed by atoms with Crippen LogP contribution in [-0.4, -0.2) is 58.1 Å². The van der Waals surface area contributed by atoms with Crippen LogP contribution in [0, 0.1) is 13.8 Å². The van der Waals surface area contributed by atoms with E-state index in [4.69, 9.17) is 4.74 Å². The average Bonchev–Trinajstić information content (AvgIpc) is 2.81. The van der Waals surface area contributed by atoms with Crippen molar-refractivity contribution in [1.29, 1.82) is 0 Å². The van der Waals surface area contributed by atoms with Gasteiger partial charge >= 0.3 is 0 Å². The van der Waals surface area contributed by atoms with Crippen LogP contribution >= 0.6 is 0 Å². The molecule has 0 aliphatic rings. The van der Waals surface area contributed by atoms with Crippen LogP contribution in [0.5, 0.6) is 5.75 Å². The SMILES string of the molecule is CNC(=O)C(C)N(Cc1ccc(OC)cc1)C(=O)CCCN(c1cccc(C)c1C)S(C)(=O)=O.